The van der Waals surface area contributed by atoms with Crippen LogP contribution in [0.5, 0.6) is 5.75 Å². The van der Waals surface area contributed by atoms with E-state index in [9.17, 15) is 9.59 Å². The Morgan fingerprint density at radius 2 is 1.67 bits per heavy atom. The zero-order valence-electron chi connectivity index (χ0n) is 16.0. The van der Waals surface area contributed by atoms with Crippen molar-refractivity contribution in [2.24, 2.45) is 5.92 Å². The number of hydrogen-bond donors (Lipinski definition) is 3. The van der Waals surface area contributed by atoms with Crippen molar-refractivity contribution >= 4 is 23.2 Å². The fourth-order valence-corrected chi connectivity index (χ4v) is 2.45. The first kappa shape index (κ1) is 20.3. The van der Waals surface area contributed by atoms with Crippen LogP contribution in [0.15, 0.2) is 48.5 Å². The maximum Gasteiger partial charge on any atom is 0.253 e. The molecular formula is C21H27N3O3. The van der Waals surface area contributed by atoms with Gasteiger partial charge in [-0.15, -0.1) is 0 Å². The van der Waals surface area contributed by atoms with Crippen LogP contribution in [0.2, 0.25) is 0 Å². The molecule has 0 unspecified atom stereocenters. The fraction of sp³-hybridized carbons (Fsp3) is 0.333. The third-order valence-electron chi connectivity index (χ3n) is 3.74. The summed E-state index contributed by atoms with van der Waals surface area (Å²) in [5, 5.41) is 8.74. The number of anilines is 2. The first-order valence-electron chi connectivity index (χ1n) is 9.14. The molecule has 2 rings (SSSR count). The van der Waals surface area contributed by atoms with Crippen LogP contribution in [-0.4, -0.2) is 31.5 Å². The lowest BCUT2D eigenvalue weighted by atomic mass is 10.1. The average Bonchev–Trinajstić information content (AvgIpc) is 2.66. The predicted molar refractivity (Wildman–Crippen MR) is 108 cm³/mol. The van der Waals surface area contributed by atoms with Gasteiger partial charge < -0.3 is 20.7 Å². The lowest BCUT2D eigenvalue weighted by molar-refractivity contribution is -0.114. The number of para-hydroxylation sites is 3. The molecule has 0 bridgehead atoms. The zero-order chi connectivity index (χ0) is 19.6. The van der Waals surface area contributed by atoms with Crippen LogP contribution in [0, 0.1) is 5.92 Å². The molecular weight excluding hydrogens is 342 g/mol. The maximum atomic E-state index is 12.4. The van der Waals surface area contributed by atoms with Crippen molar-refractivity contribution in [3.8, 4) is 5.75 Å². The van der Waals surface area contributed by atoms with E-state index in [1.54, 1.807) is 24.3 Å². The fourth-order valence-electron chi connectivity index (χ4n) is 2.45. The van der Waals surface area contributed by atoms with E-state index in [0.717, 1.165) is 5.69 Å². The van der Waals surface area contributed by atoms with Gasteiger partial charge in [0, 0.05) is 6.54 Å². The van der Waals surface area contributed by atoms with Gasteiger partial charge in [0.15, 0.2) is 0 Å². The molecule has 0 aromatic heterocycles. The normalized spacial score (nSPS) is 10.4. The van der Waals surface area contributed by atoms with Gasteiger partial charge in [0.25, 0.3) is 5.91 Å². The minimum absolute atomic E-state index is 0.0615. The number of ether oxygens (including phenoxy) is 1. The van der Waals surface area contributed by atoms with Crippen molar-refractivity contribution in [2.45, 2.75) is 20.8 Å². The second-order valence-electron chi connectivity index (χ2n) is 6.48. The SMILES string of the molecule is CCOc1ccccc1NCC(=O)Nc1ccccc1C(=O)NCC(C)C. The van der Waals surface area contributed by atoms with Crippen LogP contribution < -0.4 is 20.7 Å². The van der Waals surface area contributed by atoms with Crippen LogP contribution in [0.1, 0.15) is 31.1 Å². The summed E-state index contributed by atoms with van der Waals surface area (Å²) in [5.41, 5.74) is 1.68. The summed E-state index contributed by atoms with van der Waals surface area (Å²) in [5.74, 6) is 0.603. The average molecular weight is 369 g/mol. The van der Waals surface area contributed by atoms with Gasteiger partial charge in [-0.2, -0.15) is 0 Å². The molecule has 0 radical (unpaired) electrons. The first-order valence-corrected chi connectivity index (χ1v) is 9.14. The number of rotatable bonds is 9. The van der Waals surface area contributed by atoms with Crippen molar-refractivity contribution in [1.29, 1.82) is 0 Å². The number of amides is 2. The Balaban J connectivity index is 1.99. The topological polar surface area (TPSA) is 79.5 Å². The molecule has 0 saturated carbocycles. The van der Waals surface area contributed by atoms with Crippen molar-refractivity contribution in [2.75, 3.05) is 30.3 Å². The van der Waals surface area contributed by atoms with E-state index >= 15 is 0 Å². The summed E-state index contributed by atoms with van der Waals surface area (Å²) in [6.45, 7) is 7.15. The van der Waals surface area contributed by atoms with Crippen molar-refractivity contribution < 1.29 is 14.3 Å². The molecule has 0 fully saturated rings. The van der Waals surface area contributed by atoms with Gasteiger partial charge in [0.2, 0.25) is 5.91 Å². The highest BCUT2D eigenvalue weighted by Gasteiger charge is 2.13. The molecule has 6 nitrogen and oxygen atoms in total. The Morgan fingerprint density at radius 3 is 2.37 bits per heavy atom. The lowest BCUT2D eigenvalue weighted by Gasteiger charge is -2.14. The molecule has 0 aliphatic carbocycles. The summed E-state index contributed by atoms with van der Waals surface area (Å²) in [6, 6.07) is 14.4. The molecule has 0 aliphatic rings. The lowest BCUT2D eigenvalue weighted by Crippen LogP contribution is -2.29. The largest absolute Gasteiger partial charge is 0.492 e. The highest BCUT2D eigenvalue weighted by molar-refractivity contribution is 6.04. The number of carbonyl (C=O) groups is 2. The standard InChI is InChI=1S/C21H27N3O3/c1-4-27-19-12-8-7-11-18(19)22-14-20(25)24-17-10-6-5-9-16(17)21(26)23-13-15(2)3/h5-12,15,22H,4,13-14H2,1-3H3,(H,23,26)(H,24,25). The first-order chi connectivity index (χ1) is 13.0. The van der Waals surface area contributed by atoms with Crippen molar-refractivity contribution in [3.05, 3.63) is 54.1 Å². The monoisotopic (exact) mass is 369 g/mol. The number of nitrogens with one attached hydrogen (secondary N) is 3. The van der Waals surface area contributed by atoms with E-state index in [4.69, 9.17) is 4.74 Å². The van der Waals surface area contributed by atoms with Crippen molar-refractivity contribution in [3.63, 3.8) is 0 Å². The Labute approximate surface area is 160 Å². The third-order valence-corrected chi connectivity index (χ3v) is 3.74. The smallest absolute Gasteiger partial charge is 0.253 e. The van der Waals surface area contributed by atoms with E-state index in [2.05, 4.69) is 16.0 Å². The Bertz CT molecular complexity index is 775. The van der Waals surface area contributed by atoms with Crippen LogP contribution in [0.3, 0.4) is 0 Å². The molecule has 0 spiro atoms. The van der Waals surface area contributed by atoms with E-state index < -0.39 is 0 Å². The minimum Gasteiger partial charge on any atom is -0.492 e. The summed E-state index contributed by atoms with van der Waals surface area (Å²) >= 11 is 0. The molecule has 0 heterocycles. The Hall–Kier alpha value is -3.02. The minimum atomic E-state index is -0.245. The molecule has 6 heteroatoms. The van der Waals surface area contributed by atoms with Crippen molar-refractivity contribution in [1.82, 2.24) is 5.32 Å². The van der Waals surface area contributed by atoms with E-state index in [0.29, 0.717) is 36.1 Å². The molecule has 3 N–H and O–H groups in total. The van der Waals surface area contributed by atoms with Gasteiger partial charge in [0.1, 0.15) is 5.75 Å². The van der Waals surface area contributed by atoms with E-state index in [-0.39, 0.29) is 18.4 Å². The second-order valence-corrected chi connectivity index (χ2v) is 6.48. The van der Waals surface area contributed by atoms with Gasteiger partial charge in [-0.25, -0.2) is 0 Å². The van der Waals surface area contributed by atoms with Gasteiger partial charge in [-0.05, 0) is 37.1 Å². The number of benzene rings is 2. The van der Waals surface area contributed by atoms with Crippen LogP contribution in [-0.2, 0) is 4.79 Å². The number of hydrogen-bond acceptors (Lipinski definition) is 4. The predicted octanol–water partition coefficient (Wildman–Crippen LogP) is 3.52. The molecule has 0 saturated heterocycles. The zero-order valence-corrected chi connectivity index (χ0v) is 16.0. The maximum absolute atomic E-state index is 12.4. The van der Waals surface area contributed by atoms with Gasteiger partial charge in [-0.1, -0.05) is 38.1 Å². The van der Waals surface area contributed by atoms with E-state index in [1.165, 1.54) is 0 Å². The van der Waals surface area contributed by atoms with E-state index in [1.807, 2.05) is 45.0 Å². The van der Waals surface area contributed by atoms with Crippen LogP contribution in [0.4, 0.5) is 11.4 Å². The molecule has 2 amide bonds. The highest BCUT2D eigenvalue weighted by atomic mass is 16.5. The number of carbonyl (C=O) groups excluding carboxylic acids is 2. The molecule has 2 aromatic carbocycles. The quantitative estimate of drug-likeness (QED) is 0.632. The summed E-state index contributed by atoms with van der Waals surface area (Å²) < 4.78 is 5.54. The molecule has 0 aliphatic heterocycles. The highest BCUT2D eigenvalue weighted by Crippen LogP contribution is 2.23. The summed E-state index contributed by atoms with van der Waals surface area (Å²) in [7, 11) is 0. The van der Waals surface area contributed by atoms with Gasteiger partial charge in [0.05, 0.1) is 30.1 Å². The third kappa shape index (κ3) is 6.33. The van der Waals surface area contributed by atoms with Gasteiger partial charge in [-0.3, -0.25) is 9.59 Å². The summed E-state index contributed by atoms with van der Waals surface area (Å²) in [6.07, 6.45) is 0. The Kier molecular flexibility index (Phi) is 7.67. The molecule has 0 atom stereocenters. The van der Waals surface area contributed by atoms with Crippen LogP contribution >= 0.6 is 0 Å². The molecule has 2 aromatic rings. The Morgan fingerprint density at radius 1 is 1.00 bits per heavy atom. The van der Waals surface area contributed by atoms with Gasteiger partial charge >= 0.3 is 0 Å². The van der Waals surface area contributed by atoms with Crippen LogP contribution in [0.25, 0.3) is 0 Å². The molecule has 144 valence electrons. The summed E-state index contributed by atoms with van der Waals surface area (Å²) in [4.78, 5) is 24.7. The second kappa shape index (κ2) is 10.2. The molecule has 27 heavy (non-hydrogen) atoms.